The van der Waals surface area contributed by atoms with Gasteiger partial charge in [0.05, 0.1) is 17.6 Å². The second-order valence-corrected chi connectivity index (χ2v) is 4.98. The van der Waals surface area contributed by atoms with Crippen molar-refractivity contribution in [1.29, 1.82) is 0 Å². The zero-order chi connectivity index (χ0) is 11.3. The SMILES string of the molecule is CCNc1ccc(NS(=O)(=O)CC)cn1. The van der Waals surface area contributed by atoms with Crippen LogP contribution in [0.5, 0.6) is 0 Å². The quantitative estimate of drug-likeness (QED) is 0.797. The van der Waals surface area contributed by atoms with Crippen molar-refractivity contribution in [2.45, 2.75) is 13.8 Å². The number of anilines is 2. The highest BCUT2D eigenvalue weighted by atomic mass is 32.2. The molecular formula is C9H15N3O2S. The van der Waals surface area contributed by atoms with Gasteiger partial charge in [0.25, 0.3) is 0 Å². The van der Waals surface area contributed by atoms with Crippen molar-refractivity contribution in [1.82, 2.24) is 4.98 Å². The van der Waals surface area contributed by atoms with Gasteiger partial charge in [-0.1, -0.05) is 0 Å². The van der Waals surface area contributed by atoms with Crippen LogP contribution in [0.3, 0.4) is 0 Å². The lowest BCUT2D eigenvalue weighted by Gasteiger charge is -2.06. The van der Waals surface area contributed by atoms with Crippen LogP contribution >= 0.6 is 0 Å². The minimum atomic E-state index is -3.21. The number of nitrogens with one attached hydrogen (secondary N) is 2. The summed E-state index contributed by atoms with van der Waals surface area (Å²) in [5.41, 5.74) is 0.485. The minimum absolute atomic E-state index is 0.0575. The van der Waals surface area contributed by atoms with E-state index < -0.39 is 10.0 Å². The van der Waals surface area contributed by atoms with Crippen LogP contribution < -0.4 is 10.0 Å². The maximum atomic E-state index is 11.2. The fraction of sp³-hybridized carbons (Fsp3) is 0.444. The molecule has 1 aromatic heterocycles. The summed E-state index contributed by atoms with van der Waals surface area (Å²) < 4.78 is 24.9. The van der Waals surface area contributed by atoms with Gasteiger partial charge in [0.15, 0.2) is 0 Å². The van der Waals surface area contributed by atoms with Crippen molar-refractivity contribution in [3.8, 4) is 0 Å². The van der Waals surface area contributed by atoms with Crippen molar-refractivity contribution in [3.05, 3.63) is 18.3 Å². The van der Waals surface area contributed by atoms with Gasteiger partial charge >= 0.3 is 0 Å². The molecule has 0 aliphatic heterocycles. The molecule has 0 amide bonds. The summed E-state index contributed by atoms with van der Waals surface area (Å²) in [6.07, 6.45) is 1.49. The molecule has 2 N–H and O–H groups in total. The third-order valence-electron chi connectivity index (χ3n) is 1.77. The molecule has 1 rings (SSSR count). The first kappa shape index (κ1) is 11.8. The normalized spacial score (nSPS) is 11.1. The highest BCUT2D eigenvalue weighted by Gasteiger charge is 2.06. The number of rotatable bonds is 5. The van der Waals surface area contributed by atoms with E-state index in [-0.39, 0.29) is 5.75 Å². The van der Waals surface area contributed by atoms with Crippen molar-refractivity contribution < 1.29 is 8.42 Å². The van der Waals surface area contributed by atoms with E-state index in [1.165, 1.54) is 6.20 Å². The molecule has 0 fully saturated rings. The maximum absolute atomic E-state index is 11.2. The molecule has 5 nitrogen and oxygen atoms in total. The van der Waals surface area contributed by atoms with Gasteiger partial charge in [0.2, 0.25) is 10.0 Å². The summed E-state index contributed by atoms with van der Waals surface area (Å²) in [4.78, 5) is 4.05. The van der Waals surface area contributed by atoms with E-state index in [1.807, 2.05) is 6.92 Å². The Balaban J connectivity index is 2.73. The number of sulfonamides is 1. The summed E-state index contributed by atoms with van der Waals surface area (Å²) in [5.74, 6) is 0.791. The van der Waals surface area contributed by atoms with E-state index in [1.54, 1.807) is 19.1 Å². The first-order valence-electron chi connectivity index (χ1n) is 4.78. The highest BCUT2D eigenvalue weighted by molar-refractivity contribution is 7.92. The molecule has 0 unspecified atom stereocenters. The zero-order valence-electron chi connectivity index (χ0n) is 8.82. The molecule has 0 radical (unpaired) electrons. The summed E-state index contributed by atoms with van der Waals surface area (Å²) in [6.45, 7) is 4.34. The van der Waals surface area contributed by atoms with Gasteiger partial charge in [-0.15, -0.1) is 0 Å². The Kier molecular flexibility index (Phi) is 3.90. The Morgan fingerprint density at radius 2 is 2.07 bits per heavy atom. The predicted molar refractivity (Wildman–Crippen MR) is 61.5 cm³/mol. The molecular weight excluding hydrogens is 214 g/mol. The molecule has 84 valence electrons. The standard InChI is InChI=1S/C9H15N3O2S/c1-3-10-9-6-5-8(7-11-9)12-15(13,14)4-2/h5-7,12H,3-4H2,1-2H3,(H,10,11). The fourth-order valence-corrected chi connectivity index (χ4v) is 1.62. The highest BCUT2D eigenvalue weighted by Crippen LogP contribution is 2.10. The average Bonchev–Trinajstić information content (AvgIpc) is 2.21. The van der Waals surface area contributed by atoms with Crippen LogP contribution in [-0.2, 0) is 10.0 Å². The molecule has 0 atom stereocenters. The largest absolute Gasteiger partial charge is 0.370 e. The Morgan fingerprint density at radius 3 is 2.53 bits per heavy atom. The van der Waals surface area contributed by atoms with E-state index in [2.05, 4.69) is 15.0 Å². The van der Waals surface area contributed by atoms with E-state index in [4.69, 9.17) is 0 Å². The number of nitrogens with zero attached hydrogens (tertiary/aromatic N) is 1. The summed E-state index contributed by atoms with van der Waals surface area (Å²) >= 11 is 0. The summed E-state index contributed by atoms with van der Waals surface area (Å²) in [7, 11) is -3.21. The van der Waals surface area contributed by atoms with Crippen LogP contribution in [0, 0.1) is 0 Å². The molecule has 15 heavy (non-hydrogen) atoms. The third kappa shape index (κ3) is 3.75. The molecule has 1 aromatic rings. The van der Waals surface area contributed by atoms with Gasteiger partial charge in [-0.3, -0.25) is 4.72 Å². The van der Waals surface area contributed by atoms with Crippen molar-refractivity contribution in [2.24, 2.45) is 0 Å². The average molecular weight is 229 g/mol. The van der Waals surface area contributed by atoms with Gasteiger partial charge < -0.3 is 5.32 Å². The van der Waals surface area contributed by atoms with Crippen LogP contribution in [0.4, 0.5) is 11.5 Å². The van der Waals surface area contributed by atoms with E-state index in [0.717, 1.165) is 12.4 Å². The lowest BCUT2D eigenvalue weighted by Crippen LogP contribution is -2.14. The Bertz CT molecular complexity index is 400. The van der Waals surface area contributed by atoms with Gasteiger partial charge in [-0.2, -0.15) is 0 Å². The topological polar surface area (TPSA) is 71.1 Å². The van der Waals surface area contributed by atoms with Crippen LogP contribution in [0.15, 0.2) is 18.3 Å². The fourth-order valence-electron chi connectivity index (χ4n) is 0.992. The predicted octanol–water partition coefficient (Wildman–Crippen LogP) is 1.27. The number of aromatic nitrogens is 1. The number of hydrogen-bond acceptors (Lipinski definition) is 4. The maximum Gasteiger partial charge on any atom is 0.232 e. The number of pyridine rings is 1. The Labute approximate surface area is 90.0 Å². The first-order valence-corrected chi connectivity index (χ1v) is 6.43. The summed E-state index contributed by atoms with van der Waals surface area (Å²) in [6, 6.07) is 3.41. The Hall–Kier alpha value is -1.30. The van der Waals surface area contributed by atoms with E-state index in [0.29, 0.717) is 5.69 Å². The molecule has 1 heterocycles. The second kappa shape index (κ2) is 4.97. The zero-order valence-corrected chi connectivity index (χ0v) is 9.63. The van der Waals surface area contributed by atoms with E-state index in [9.17, 15) is 8.42 Å². The van der Waals surface area contributed by atoms with Crippen LogP contribution in [-0.4, -0.2) is 25.7 Å². The van der Waals surface area contributed by atoms with Gasteiger partial charge in [0, 0.05) is 6.54 Å². The minimum Gasteiger partial charge on any atom is -0.370 e. The van der Waals surface area contributed by atoms with Gasteiger partial charge in [-0.25, -0.2) is 13.4 Å². The second-order valence-electron chi connectivity index (χ2n) is 2.97. The lowest BCUT2D eigenvalue weighted by atomic mass is 10.4. The van der Waals surface area contributed by atoms with E-state index >= 15 is 0 Å². The smallest absolute Gasteiger partial charge is 0.232 e. The van der Waals surface area contributed by atoms with Crippen LogP contribution in [0.1, 0.15) is 13.8 Å². The van der Waals surface area contributed by atoms with Crippen molar-refractivity contribution in [3.63, 3.8) is 0 Å². The lowest BCUT2D eigenvalue weighted by molar-refractivity contribution is 0.602. The van der Waals surface area contributed by atoms with Crippen molar-refractivity contribution >= 4 is 21.5 Å². The first-order chi connectivity index (χ1) is 7.07. The third-order valence-corrected chi connectivity index (χ3v) is 3.08. The van der Waals surface area contributed by atoms with Gasteiger partial charge in [0.1, 0.15) is 5.82 Å². The van der Waals surface area contributed by atoms with Crippen molar-refractivity contribution in [2.75, 3.05) is 22.3 Å². The molecule has 6 heteroatoms. The molecule has 0 bridgehead atoms. The molecule has 0 aliphatic rings. The molecule has 0 saturated carbocycles. The number of hydrogen-bond donors (Lipinski definition) is 2. The van der Waals surface area contributed by atoms with Gasteiger partial charge in [-0.05, 0) is 26.0 Å². The van der Waals surface area contributed by atoms with Crippen LogP contribution in [0.2, 0.25) is 0 Å². The monoisotopic (exact) mass is 229 g/mol. The van der Waals surface area contributed by atoms with Crippen LogP contribution in [0.25, 0.3) is 0 Å². The molecule has 0 saturated heterocycles. The molecule has 0 aromatic carbocycles. The summed E-state index contributed by atoms with van der Waals surface area (Å²) in [5, 5.41) is 3.02. The Morgan fingerprint density at radius 1 is 1.33 bits per heavy atom. The molecule has 0 aliphatic carbocycles. The molecule has 0 spiro atoms.